The van der Waals surface area contributed by atoms with Gasteiger partial charge in [0.05, 0.1) is 17.2 Å². The summed E-state index contributed by atoms with van der Waals surface area (Å²) in [6.45, 7) is 0.905. The molecule has 140 valence electrons. The predicted octanol–water partition coefficient (Wildman–Crippen LogP) is 1.80. The van der Waals surface area contributed by atoms with Gasteiger partial charge in [0.15, 0.2) is 0 Å². The molecule has 0 radical (unpaired) electrons. The van der Waals surface area contributed by atoms with Crippen molar-refractivity contribution >= 4 is 16.9 Å². The lowest BCUT2D eigenvalue weighted by molar-refractivity contribution is 0.0697. The third-order valence-corrected chi connectivity index (χ3v) is 4.39. The van der Waals surface area contributed by atoms with E-state index in [0.717, 1.165) is 5.56 Å². The van der Waals surface area contributed by atoms with Crippen LogP contribution in [0.2, 0.25) is 0 Å². The first-order valence-electron chi connectivity index (χ1n) is 8.51. The number of benzene rings is 2. The zero-order valence-corrected chi connectivity index (χ0v) is 14.5. The van der Waals surface area contributed by atoms with Gasteiger partial charge < -0.3 is 25.6 Å². The summed E-state index contributed by atoms with van der Waals surface area (Å²) in [6, 6.07) is 12.7. The number of aromatic carboxylic acids is 1. The number of hydrogen-bond donors (Lipinski definition) is 5. The zero-order valence-electron chi connectivity index (χ0n) is 14.5. The number of aliphatic hydroxyl groups is 1. The van der Waals surface area contributed by atoms with Gasteiger partial charge in [-0.1, -0.05) is 18.2 Å². The number of pyridine rings is 1. The minimum Gasteiger partial charge on any atom is -0.506 e. The van der Waals surface area contributed by atoms with E-state index in [0.29, 0.717) is 36.0 Å². The third kappa shape index (κ3) is 4.33. The van der Waals surface area contributed by atoms with Gasteiger partial charge in [-0.2, -0.15) is 0 Å². The molecule has 0 spiro atoms. The van der Waals surface area contributed by atoms with Gasteiger partial charge in [0, 0.05) is 18.0 Å². The van der Waals surface area contributed by atoms with Gasteiger partial charge in [0.2, 0.25) is 5.56 Å². The molecule has 3 rings (SSSR count). The molecule has 0 unspecified atom stereocenters. The van der Waals surface area contributed by atoms with Gasteiger partial charge in [-0.05, 0) is 48.4 Å². The number of phenols is 1. The maximum absolute atomic E-state index is 11.4. The molecule has 0 aliphatic rings. The number of fused-ring (bicyclic) bond motifs is 1. The van der Waals surface area contributed by atoms with E-state index in [2.05, 4.69) is 10.3 Å². The molecule has 0 aliphatic carbocycles. The van der Waals surface area contributed by atoms with Gasteiger partial charge >= 0.3 is 5.97 Å². The molecule has 2 aromatic carbocycles. The Labute approximate surface area is 154 Å². The van der Waals surface area contributed by atoms with Crippen molar-refractivity contribution in [3.63, 3.8) is 0 Å². The third-order valence-electron chi connectivity index (χ3n) is 4.39. The lowest BCUT2D eigenvalue weighted by atomic mass is 10.0. The van der Waals surface area contributed by atoms with E-state index in [1.54, 1.807) is 36.4 Å². The highest BCUT2D eigenvalue weighted by atomic mass is 16.4. The fourth-order valence-corrected chi connectivity index (χ4v) is 2.94. The lowest BCUT2D eigenvalue weighted by Gasteiger charge is -2.15. The highest BCUT2D eigenvalue weighted by Crippen LogP contribution is 2.28. The second-order valence-electron chi connectivity index (χ2n) is 6.26. The number of aliphatic hydroxyl groups excluding tert-OH is 1. The quantitative estimate of drug-likeness (QED) is 0.405. The monoisotopic (exact) mass is 368 g/mol. The van der Waals surface area contributed by atoms with Crippen LogP contribution in [0.1, 0.15) is 27.6 Å². The molecule has 7 heteroatoms. The number of aromatic hydroxyl groups is 1. The predicted molar refractivity (Wildman–Crippen MR) is 101 cm³/mol. The van der Waals surface area contributed by atoms with Crippen LogP contribution in [0.3, 0.4) is 0 Å². The van der Waals surface area contributed by atoms with E-state index < -0.39 is 12.1 Å². The van der Waals surface area contributed by atoms with Crippen molar-refractivity contribution in [2.24, 2.45) is 0 Å². The zero-order chi connectivity index (χ0) is 19.4. The molecule has 1 heterocycles. The van der Waals surface area contributed by atoms with Crippen LogP contribution in [0, 0.1) is 0 Å². The average Bonchev–Trinajstić information content (AvgIpc) is 2.66. The maximum Gasteiger partial charge on any atom is 0.335 e. The fourth-order valence-electron chi connectivity index (χ4n) is 2.94. The summed E-state index contributed by atoms with van der Waals surface area (Å²) in [5.74, 6) is -0.998. The summed E-state index contributed by atoms with van der Waals surface area (Å²) in [5.41, 5.74) is 1.83. The van der Waals surface area contributed by atoms with Crippen LogP contribution < -0.4 is 10.9 Å². The molecule has 0 bridgehead atoms. The summed E-state index contributed by atoms with van der Waals surface area (Å²) in [7, 11) is 0. The van der Waals surface area contributed by atoms with Crippen LogP contribution in [-0.4, -0.2) is 39.4 Å². The summed E-state index contributed by atoms with van der Waals surface area (Å²) < 4.78 is 0. The number of aromatic amines is 1. The molecular weight excluding hydrogens is 348 g/mol. The molecule has 0 aliphatic heterocycles. The van der Waals surface area contributed by atoms with E-state index in [1.807, 2.05) is 0 Å². The Bertz CT molecular complexity index is 1010. The Morgan fingerprint density at radius 2 is 1.81 bits per heavy atom. The molecule has 7 nitrogen and oxygen atoms in total. The Hall–Kier alpha value is -3.16. The van der Waals surface area contributed by atoms with Crippen molar-refractivity contribution in [3.8, 4) is 5.75 Å². The number of rotatable bonds is 7. The van der Waals surface area contributed by atoms with Gasteiger partial charge in [-0.25, -0.2) is 4.79 Å². The molecular formula is C20H20N2O5. The van der Waals surface area contributed by atoms with Crippen LogP contribution in [0.5, 0.6) is 5.75 Å². The number of H-pyrrole nitrogens is 1. The molecule has 0 saturated heterocycles. The SMILES string of the molecule is O=C(O)c1ccc(CCNC[C@H](O)c2ccc(O)c3[nH]c(=O)ccc23)cc1. The van der Waals surface area contributed by atoms with Crippen molar-refractivity contribution in [2.75, 3.05) is 13.1 Å². The number of carboxylic acids is 1. The Balaban J connectivity index is 1.60. The van der Waals surface area contributed by atoms with Crippen molar-refractivity contribution in [1.82, 2.24) is 10.3 Å². The van der Waals surface area contributed by atoms with E-state index in [4.69, 9.17) is 5.11 Å². The minimum absolute atomic E-state index is 0.0450. The fraction of sp³-hybridized carbons (Fsp3) is 0.200. The molecule has 0 fully saturated rings. The van der Waals surface area contributed by atoms with Crippen LogP contribution in [0.25, 0.3) is 10.9 Å². The van der Waals surface area contributed by atoms with Gasteiger partial charge in [0.25, 0.3) is 0 Å². The van der Waals surface area contributed by atoms with Crippen molar-refractivity contribution < 1.29 is 20.1 Å². The topological polar surface area (TPSA) is 123 Å². The molecule has 1 atom stereocenters. The number of carboxylic acid groups (broad SMARTS) is 1. The first-order chi connectivity index (χ1) is 13.0. The largest absolute Gasteiger partial charge is 0.506 e. The summed E-state index contributed by atoms with van der Waals surface area (Å²) in [5, 5.41) is 33.0. The Morgan fingerprint density at radius 3 is 2.52 bits per heavy atom. The average molecular weight is 368 g/mol. The number of carbonyl (C=O) groups is 1. The standard InChI is InChI=1S/C20H20N2O5/c23-16-7-5-14(15-6-8-18(25)22-19(15)16)17(24)11-21-10-9-12-1-3-13(4-2-12)20(26)27/h1-8,17,21,23-24H,9-11H2,(H,22,25)(H,26,27)/t17-/m0/s1. The maximum atomic E-state index is 11.4. The first-order valence-corrected chi connectivity index (χ1v) is 8.51. The van der Waals surface area contributed by atoms with Crippen LogP contribution in [-0.2, 0) is 6.42 Å². The summed E-state index contributed by atoms with van der Waals surface area (Å²) in [4.78, 5) is 24.9. The van der Waals surface area contributed by atoms with Gasteiger partial charge in [0.1, 0.15) is 5.75 Å². The Morgan fingerprint density at radius 1 is 1.07 bits per heavy atom. The van der Waals surface area contributed by atoms with Crippen molar-refractivity contribution in [1.29, 1.82) is 0 Å². The first kappa shape index (κ1) is 18.6. The number of aromatic nitrogens is 1. The number of hydrogen-bond acceptors (Lipinski definition) is 5. The molecule has 0 amide bonds. The normalized spacial score (nSPS) is 12.2. The van der Waals surface area contributed by atoms with Crippen LogP contribution in [0.15, 0.2) is 53.3 Å². The second-order valence-corrected chi connectivity index (χ2v) is 6.26. The highest BCUT2D eigenvalue weighted by Gasteiger charge is 2.13. The van der Waals surface area contributed by atoms with E-state index in [-0.39, 0.29) is 16.9 Å². The highest BCUT2D eigenvalue weighted by molar-refractivity contribution is 5.88. The van der Waals surface area contributed by atoms with Crippen LogP contribution >= 0.6 is 0 Å². The molecule has 0 saturated carbocycles. The van der Waals surface area contributed by atoms with Crippen LogP contribution in [0.4, 0.5) is 0 Å². The van der Waals surface area contributed by atoms with E-state index in [1.165, 1.54) is 12.1 Å². The smallest absolute Gasteiger partial charge is 0.335 e. The Kier molecular flexibility index (Phi) is 5.54. The molecule has 5 N–H and O–H groups in total. The van der Waals surface area contributed by atoms with Gasteiger partial charge in [-0.15, -0.1) is 0 Å². The van der Waals surface area contributed by atoms with E-state index in [9.17, 15) is 19.8 Å². The van der Waals surface area contributed by atoms with Crippen molar-refractivity contribution in [2.45, 2.75) is 12.5 Å². The van der Waals surface area contributed by atoms with E-state index >= 15 is 0 Å². The summed E-state index contributed by atoms with van der Waals surface area (Å²) in [6.07, 6.45) is -0.121. The molecule has 3 aromatic rings. The summed E-state index contributed by atoms with van der Waals surface area (Å²) >= 11 is 0. The van der Waals surface area contributed by atoms with Crippen molar-refractivity contribution in [3.05, 3.63) is 75.6 Å². The number of nitrogens with one attached hydrogen (secondary N) is 2. The molecule has 1 aromatic heterocycles. The lowest BCUT2D eigenvalue weighted by Crippen LogP contribution is -2.24. The minimum atomic E-state index is -0.953. The second kappa shape index (κ2) is 8.03. The van der Waals surface area contributed by atoms with Gasteiger partial charge in [-0.3, -0.25) is 4.79 Å². The number of phenolic OH excluding ortho intramolecular Hbond substituents is 1. The molecule has 27 heavy (non-hydrogen) atoms.